The molecule has 0 aliphatic heterocycles. The zero-order chi connectivity index (χ0) is 24.9. The van der Waals surface area contributed by atoms with Crippen LogP contribution in [0, 0.1) is 13.8 Å². The molecule has 0 bridgehead atoms. The van der Waals surface area contributed by atoms with Crippen LogP contribution in [0.15, 0.2) is 54.6 Å². The number of nitrogens with one attached hydrogen (secondary N) is 1. The van der Waals surface area contributed by atoms with Gasteiger partial charge in [0.2, 0.25) is 0 Å². The molecule has 7 nitrogen and oxygen atoms in total. The third kappa shape index (κ3) is 5.92. The highest BCUT2D eigenvalue weighted by molar-refractivity contribution is 5.95. The van der Waals surface area contributed by atoms with E-state index in [4.69, 9.17) is 9.47 Å². The first-order valence-electron chi connectivity index (χ1n) is 11.0. The molecule has 0 aliphatic carbocycles. The summed E-state index contributed by atoms with van der Waals surface area (Å²) in [6, 6.07) is 15.4. The summed E-state index contributed by atoms with van der Waals surface area (Å²) < 4.78 is 12.3. The van der Waals surface area contributed by atoms with E-state index >= 15 is 0 Å². The van der Waals surface area contributed by atoms with Gasteiger partial charge in [-0.1, -0.05) is 45.0 Å². The van der Waals surface area contributed by atoms with E-state index in [1.54, 1.807) is 6.08 Å². The van der Waals surface area contributed by atoms with E-state index in [1.165, 1.54) is 13.2 Å². The maximum absolute atomic E-state index is 12.4. The number of methoxy groups -OCH3 is 1. The number of hydrogen-bond acceptors (Lipinski definition) is 5. The molecule has 0 fully saturated rings. The van der Waals surface area contributed by atoms with E-state index in [0.29, 0.717) is 11.4 Å². The highest BCUT2D eigenvalue weighted by atomic mass is 16.5. The molecule has 0 radical (unpaired) electrons. The van der Waals surface area contributed by atoms with Crippen molar-refractivity contribution in [3.63, 3.8) is 0 Å². The molecule has 1 N–H and O–H groups in total. The number of rotatable bonds is 7. The topological polar surface area (TPSA) is 82.4 Å². The zero-order valence-corrected chi connectivity index (χ0v) is 20.5. The van der Waals surface area contributed by atoms with Gasteiger partial charge in [0, 0.05) is 17.3 Å². The Morgan fingerprint density at radius 3 is 2.44 bits per heavy atom. The largest absolute Gasteiger partial charge is 0.495 e. The quantitative estimate of drug-likeness (QED) is 0.396. The summed E-state index contributed by atoms with van der Waals surface area (Å²) in [6.45, 7) is 9.66. The van der Waals surface area contributed by atoms with Crippen LogP contribution in [0.4, 0.5) is 5.69 Å². The minimum absolute atomic E-state index is 0.0897. The van der Waals surface area contributed by atoms with Gasteiger partial charge in [0.25, 0.3) is 5.91 Å². The van der Waals surface area contributed by atoms with E-state index < -0.39 is 18.5 Å². The number of aryl methyl sites for hydroxylation is 1. The average molecular weight is 462 g/mol. The van der Waals surface area contributed by atoms with Crippen LogP contribution in [0.5, 0.6) is 5.75 Å². The first-order chi connectivity index (χ1) is 16.1. The predicted octanol–water partition coefficient (Wildman–Crippen LogP) is 4.99. The Labute approximate surface area is 200 Å². The van der Waals surface area contributed by atoms with Crippen LogP contribution in [0.1, 0.15) is 43.3 Å². The lowest BCUT2D eigenvalue weighted by Crippen LogP contribution is -2.21. The van der Waals surface area contributed by atoms with Crippen LogP contribution in [0.2, 0.25) is 0 Å². The van der Waals surface area contributed by atoms with Gasteiger partial charge in [-0.3, -0.25) is 4.79 Å². The van der Waals surface area contributed by atoms with E-state index in [2.05, 4.69) is 31.2 Å². The van der Waals surface area contributed by atoms with Gasteiger partial charge in [0.05, 0.1) is 24.2 Å². The second kappa shape index (κ2) is 10.4. The van der Waals surface area contributed by atoms with Crippen LogP contribution in [0.25, 0.3) is 11.8 Å². The molecule has 1 aromatic heterocycles. The lowest BCUT2D eigenvalue weighted by Gasteiger charge is -2.21. The van der Waals surface area contributed by atoms with E-state index in [0.717, 1.165) is 28.2 Å². The van der Waals surface area contributed by atoms with Crippen molar-refractivity contribution < 1.29 is 19.1 Å². The van der Waals surface area contributed by atoms with Gasteiger partial charge in [-0.15, -0.1) is 0 Å². The molecule has 7 heteroatoms. The third-order valence-corrected chi connectivity index (χ3v) is 5.42. The molecule has 0 spiro atoms. The number of benzene rings is 2. The molecule has 0 saturated carbocycles. The van der Waals surface area contributed by atoms with Crippen molar-refractivity contribution in [3.05, 3.63) is 77.1 Å². The number of carbonyl (C=O) groups is 2. The minimum atomic E-state index is -0.614. The highest BCUT2D eigenvalue weighted by Gasteiger charge is 2.17. The van der Waals surface area contributed by atoms with Crippen molar-refractivity contribution in [3.8, 4) is 11.4 Å². The number of amides is 1. The second-order valence-corrected chi connectivity index (χ2v) is 8.99. The molecule has 3 aromatic rings. The smallest absolute Gasteiger partial charge is 0.331 e. The van der Waals surface area contributed by atoms with Gasteiger partial charge in [0.15, 0.2) is 6.61 Å². The fourth-order valence-electron chi connectivity index (χ4n) is 3.51. The molecule has 0 saturated heterocycles. The Balaban J connectivity index is 1.63. The number of esters is 1. The number of ether oxygens (including phenoxy) is 2. The van der Waals surface area contributed by atoms with Crippen molar-refractivity contribution >= 4 is 23.6 Å². The summed E-state index contributed by atoms with van der Waals surface area (Å²) in [7, 11) is 1.54. The Morgan fingerprint density at radius 2 is 1.79 bits per heavy atom. The van der Waals surface area contributed by atoms with Crippen LogP contribution >= 0.6 is 0 Å². The molecular formula is C27H31N3O4. The third-order valence-electron chi connectivity index (χ3n) is 5.42. The van der Waals surface area contributed by atoms with Crippen molar-refractivity contribution in [2.24, 2.45) is 0 Å². The molecule has 3 rings (SSSR count). The van der Waals surface area contributed by atoms with Crippen LogP contribution in [-0.4, -0.2) is 35.4 Å². The number of anilines is 1. The molecule has 0 aliphatic rings. The average Bonchev–Trinajstić information content (AvgIpc) is 3.09. The molecule has 1 amide bonds. The lowest BCUT2D eigenvalue weighted by atomic mass is 9.87. The van der Waals surface area contributed by atoms with Gasteiger partial charge in [0.1, 0.15) is 5.75 Å². The van der Waals surface area contributed by atoms with Crippen molar-refractivity contribution in [1.82, 2.24) is 9.78 Å². The highest BCUT2D eigenvalue weighted by Crippen LogP contribution is 2.31. The predicted molar refractivity (Wildman–Crippen MR) is 133 cm³/mol. The Morgan fingerprint density at radius 1 is 1.09 bits per heavy atom. The van der Waals surface area contributed by atoms with Gasteiger partial charge in [-0.2, -0.15) is 5.10 Å². The molecule has 34 heavy (non-hydrogen) atoms. The van der Waals surface area contributed by atoms with Gasteiger partial charge < -0.3 is 14.8 Å². The molecule has 2 aromatic carbocycles. The molecule has 0 atom stereocenters. The minimum Gasteiger partial charge on any atom is -0.495 e. The normalized spacial score (nSPS) is 11.5. The van der Waals surface area contributed by atoms with Crippen LogP contribution in [-0.2, 0) is 19.7 Å². The second-order valence-electron chi connectivity index (χ2n) is 8.99. The fourth-order valence-corrected chi connectivity index (χ4v) is 3.51. The number of hydrogen-bond donors (Lipinski definition) is 1. The lowest BCUT2D eigenvalue weighted by molar-refractivity contribution is -0.142. The van der Waals surface area contributed by atoms with E-state index in [1.807, 2.05) is 67.1 Å². The monoisotopic (exact) mass is 461 g/mol. The van der Waals surface area contributed by atoms with Gasteiger partial charge in [-0.25, -0.2) is 9.48 Å². The summed E-state index contributed by atoms with van der Waals surface area (Å²) >= 11 is 0. The first-order valence-corrected chi connectivity index (χ1v) is 11.0. The van der Waals surface area contributed by atoms with E-state index in [9.17, 15) is 9.59 Å². The Kier molecular flexibility index (Phi) is 7.56. The summed E-state index contributed by atoms with van der Waals surface area (Å²) in [4.78, 5) is 24.6. The van der Waals surface area contributed by atoms with E-state index in [-0.39, 0.29) is 5.41 Å². The zero-order valence-electron chi connectivity index (χ0n) is 20.5. The Hall–Kier alpha value is -3.87. The molecule has 178 valence electrons. The summed E-state index contributed by atoms with van der Waals surface area (Å²) in [6.07, 6.45) is 2.97. The van der Waals surface area contributed by atoms with Crippen LogP contribution in [0.3, 0.4) is 0 Å². The maximum atomic E-state index is 12.4. The number of carbonyl (C=O) groups excluding carboxylic acids is 2. The molecule has 1 heterocycles. The molecular weight excluding hydrogens is 430 g/mol. The molecule has 0 unspecified atom stereocenters. The summed E-state index contributed by atoms with van der Waals surface area (Å²) in [5.74, 6) is -0.527. The fraction of sp³-hybridized carbons (Fsp3) is 0.296. The van der Waals surface area contributed by atoms with Gasteiger partial charge >= 0.3 is 5.97 Å². The number of para-hydroxylation sites is 1. The van der Waals surface area contributed by atoms with Crippen molar-refractivity contribution in [2.45, 2.75) is 40.0 Å². The van der Waals surface area contributed by atoms with Crippen molar-refractivity contribution in [2.75, 3.05) is 19.0 Å². The number of aromatic nitrogens is 2. The standard InChI is InChI=1S/C27H31N3O4/c1-18-22(19(2)30(29-18)21-10-8-7-9-11-21)13-15-26(32)34-17-25(31)28-23-16-20(27(3,4)5)12-14-24(23)33-6/h7-16H,17H2,1-6H3,(H,28,31)/b15-13+. The van der Waals surface area contributed by atoms with Crippen molar-refractivity contribution in [1.29, 1.82) is 0 Å². The van der Waals surface area contributed by atoms with Gasteiger partial charge in [-0.05, 0) is 55.2 Å². The first kappa shape index (κ1) is 24.8. The summed E-state index contributed by atoms with van der Waals surface area (Å²) in [5.41, 5.74) is 4.94. The SMILES string of the molecule is COc1ccc(C(C)(C)C)cc1NC(=O)COC(=O)/C=C/c1c(C)nn(-c2ccccc2)c1C. The summed E-state index contributed by atoms with van der Waals surface area (Å²) in [5, 5.41) is 7.32. The Bertz CT molecular complexity index is 1200. The number of nitrogens with zero attached hydrogens (tertiary/aromatic N) is 2. The van der Waals surface area contributed by atoms with Crippen LogP contribution < -0.4 is 10.1 Å². The maximum Gasteiger partial charge on any atom is 0.331 e.